The molecule has 0 bridgehead atoms. The van der Waals surface area contributed by atoms with Gasteiger partial charge in [-0.25, -0.2) is 8.42 Å². The number of ether oxygens (including phenoxy) is 1. The number of hydrogen-bond acceptors (Lipinski definition) is 5. The van der Waals surface area contributed by atoms with E-state index in [1.807, 2.05) is 38.1 Å². The summed E-state index contributed by atoms with van der Waals surface area (Å²) in [5.74, 6) is 1.49. The van der Waals surface area contributed by atoms with Crippen LogP contribution < -0.4 is 10.1 Å². The second kappa shape index (κ2) is 8.06. The summed E-state index contributed by atoms with van der Waals surface area (Å²) in [6, 6.07) is 7.63. The fourth-order valence-electron chi connectivity index (χ4n) is 2.30. The molecule has 1 saturated heterocycles. The lowest BCUT2D eigenvalue weighted by Crippen LogP contribution is -2.25. The van der Waals surface area contributed by atoms with Gasteiger partial charge in [0.05, 0.1) is 23.4 Å². The van der Waals surface area contributed by atoms with Crippen molar-refractivity contribution >= 4 is 27.5 Å². The Morgan fingerprint density at radius 3 is 2.61 bits per heavy atom. The average Bonchev–Trinajstić information content (AvgIpc) is 2.83. The van der Waals surface area contributed by atoms with E-state index in [4.69, 9.17) is 4.74 Å². The van der Waals surface area contributed by atoms with Gasteiger partial charge in [0.2, 0.25) is 5.91 Å². The van der Waals surface area contributed by atoms with E-state index >= 15 is 0 Å². The summed E-state index contributed by atoms with van der Waals surface area (Å²) < 4.78 is 28.3. The van der Waals surface area contributed by atoms with Gasteiger partial charge in [0, 0.05) is 11.8 Å². The SMILES string of the molecule is CC(C)Oc1ccc(CNC(=O)CSC2CCS(=O)(=O)C2)cc1. The lowest BCUT2D eigenvalue weighted by Gasteiger charge is -2.11. The Kier molecular flexibility index (Phi) is 6.35. The Labute approximate surface area is 142 Å². The first-order chi connectivity index (χ1) is 10.8. The monoisotopic (exact) mass is 357 g/mol. The van der Waals surface area contributed by atoms with Crippen LogP contribution in [0, 0.1) is 0 Å². The molecule has 0 radical (unpaired) electrons. The largest absolute Gasteiger partial charge is 0.491 e. The molecule has 1 unspecified atom stereocenters. The quantitative estimate of drug-likeness (QED) is 0.808. The van der Waals surface area contributed by atoms with Crippen molar-refractivity contribution in [1.82, 2.24) is 5.32 Å². The summed E-state index contributed by atoms with van der Waals surface area (Å²) in [4.78, 5) is 11.8. The third-order valence-electron chi connectivity index (χ3n) is 3.43. The molecule has 1 amide bonds. The third kappa shape index (κ3) is 6.43. The number of sulfone groups is 1. The van der Waals surface area contributed by atoms with Gasteiger partial charge in [-0.05, 0) is 38.0 Å². The van der Waals surface area contributed by atoms with Gasteiger partial charge in [-0.2, -0.15) is 0 Å². The lowest BCUT2D eigenvalue weighted by molar-refractivity contribution is -0.118. The highest BCUT2D eigenvalue weighted by Crippen LogP contribution is 2.24. The van der Waals surface area contributed by atoms with E-state index in [0.717, 1.165) is 11.3 Å². The van der Waals surface area contributed by atoms with Gasteiger partial charge in [0.15, 0.2) is 9.84 Å². The highest BCUT2D eigenvalue weighted by Gasteiger charge is 2.28. The molecule has 128 valence electrons. The van der Waals surface area contributed by atoms with Crippen molar-refractivity contribution in [2.75, 3.05) is 17.3 Å². The standard InChI is InChI=1S/C16H23NO4S2/c1-12(2)21-14-5-3-13(4-6-14)9-17-16(18)10-22-15-7-8-23(19,20)11-15/h3-6,12,15H,7-11H2,1-2H3,(H,17,18). The van der Waals surface area contributed by atoms with E-state index in [2.05, 4.69) is 5.32 Å². The summed E-state index contributed by atoms with van der Waals surface area (Å²) in [5, 5.41) is 2.91. The molecular weight excluding hydrogens is 334 g/mol. The topological polar surface area (TPSA) is 72.5 Å². The van der Waals surface area contributed by atoms with Crippen molar-refractivity contribution in [3.05, 3.63) is 29.8 Å². The zero-order valence-corrected chi connectivity index (χ0v) is 15.1. The molecule has 0 aromatic heterocycles. The average molecular weight is 357 g/mol. The van der Waals surface area contributed by atoms with Crippen LogP contribution in [-0.4, -0.2) is 42.9 Å². The number of nitrogens with one attached hydrogen (secondary N) is 1. The Balaban J connectivity index is 1.70. The molecule has 1 aliphatic rings. The maximum atomic E-state index is 11.8. The van der Waals surface area contributed by atoms with E-state index in [0.29, 0.717) is 18.7 Å². The Hall–Kier alpha value is -1.21. The second-order valence-corrected chi connectivity index (χ2v) is 9.44. The van der Waals surface area contributed by atoms with Crippen LogP contribution in [0.2, 0.25) is 0 Å². The van der Waals surface area contributed by atoms with Gasteiger partial charge >= 0.3 is 0 Å². The minimum absolute atomic E-state index is 0.0539. The van der Waals surface area contributed by atoms with E-state index in [1.165, 1.54) is 11.8 Å². The molecule has 2 rings (SSSR count). The lowest BCUT2D eigenvalue weighted by atomic mass is 10.2. The van der Waals surface area contributed by atoms with Crippen LogP contribution in [0.4, 0.5) is 0 Å². The van der Waals surface area contributed by atoms with Gasteiger partial charge < -0.3 is 10.1 Å². The van der Waals surface area contributed by atoms with Crippen LogP contribution in [0.5, 0.6) is 5.75 Å². The fraction of sp³-hybridized carbons (Fsp3) is 0.562. The number of thioether (sulfide) groups is 1. The second-order valence-electron chi connectivity index (χ2n) is 5.92. The number of rotatable bonds is 7. The van der Waals surface area contributed by atoms with Crippen LogP contribution in [0.25, 0.3) is 0 Å². The van der Waals surface area contributed by atoms with Crippen molar-refractivity contribution in [1.29, 1.82) is 0 Å². The minimum Gasteiger partial charge on any atom is -0.491 e. The van der Waals surface area contributed by atoms with Crippen molar-refractivity contribution in [2.45, 2.75) is 38.2 Å². The zero-order chi connectivity index (χ0) is 16.9. The van der Waals surface area contributed by atoms with Gasteiger partial charge in [-0.3, -0.25) is 4.79 Å². The molecule has 0 spiro atoms. The van der Waals surface area contributed by atoms with Gasteiger partial charge in [0.1, 0.15) is 5.75 Å². The molecule has 1 N–H and O–H groups in total. The summed E-state index contributed by atoms with van der Waals surface area (Å²) in [7, 11) is -2.88. The number of hydrogen-bond donors (Lipinski definition) is 1. The smallest absolute Gasteiger partial charge is 0.230 e. The van der Waals surface area contributed by atoms with Crippen LogP contribution >= 0.6 is 11.8 Å². The third-order valence-corrected chi connectivity index (χ3v) is 6.71. The predicted molar refractivity (Wildman–Crippen MR) is 93.6 cm³/mol. The van der Waals surface area contributed by atoms with Crippen molar-refractivity contribution < 1.29 is 17.9 Å². The summed E-state index contributed by atoms with van der Waals surface area (Å²) >= 11 is 1.43. The first-order valence-corrected chi connectivity index (χ1v) is 10.6. The van der Waals surface area contributed by atoms with Gasteiger partial charge in [0.25, 0.3) is 0 Å². The number of amides is 1. The maximum Gasteiger partial charge on any atom is 0.230 e. The molecule has 1 heterocycles. The molecule has 1 atom stereocenters. The van der Waals surface area contributed by atoms with E-state index in [9.17, 15) is 13.2 Å². The number of carbonyl (C=O) groups excluding carboxylic acids is 1. The van der Waals surface area contributed by atoms with Crippen LogP contribution in [-0.2, 0) is 21.2 Å². The highest BCUT2D eigenvalue weighted by molar-refractivity contribution is 8.02. The summed E-state index contributed by atoms with van der Waals surface area (Å²) in [5.41, 5.74) is 1.00. The van der Waals surface area contributed by atoms with Crippen molar-refractivity contribution in [3.8, 4) is 5.75 Å². The molecule has 1 aliphatic heterocycles. The molecule has 1 aromatic carbocycles. The first kappa shape index (κ1) is 18.1. The van der Waals surface area contributed by atoms with Gasteiger partial charge in [-0.1, -0.05) is 12.1 Å². The van der Waals surface area contributed by atoms with Crippen molar-refractivity contribution in [2.24, 2.45) is 0 Å². The number of benzene rings is 1. The van der Waals surface area contributed by atoms with Crippen LogP contribution in [0.15, 0.2) is 24.3 Å². The molecular formula is C16H23NO4S2. The molecule has 1 fully saturated rings. The number of carbonyl (C=O) groups is 1. The Morgan fingerprint density at radius 1 is 1.35 bits per heavy atom. The Bertz CT molecular complexity index is 626. The zero-order valence-electron chi connectivity index (χ0n) is 13.4. The molecule has 23 heavy (non-hydrogen) atoms. The fourth-order valence-corrected chi connectivity index (χ4v) is 5.77. The highest BCUT2D eigenvalue weighted by atomic mass is 32.2. The van der Waals surface area contributed by atoms with Gasteiger partial charge in [-0.15, -0.1) is 11.8 Å². The summed E-state index contributed by atoms with van der Waals surface area (Å²) in [6.45, 7) is 4.41. The molecule has 5 nitrogen and oxygen atoms in total. The Morgan fingerprint density at radius 2 is 2.04 bits per heavy atom. The minimum atomic E-state index is -2.88. The normalized spacial score (nSPS) is 19.7. The van der Waals surface area contributed by atoms with Crippen LogP contribution in [0.3, 0.4) is 0 Å². The van der Waals surface area contributed by atoms with Crippen LogP contribution in [0.1, 0.15) is 25.8 Å². The summed E-state index contributed by atoms with van der Waals surface area (Å²) in [6.07, 6.45) is 0.786. The molecule has 0 saturated carbocycles. The molecule has 0 aliphatic carbocycles. The molecule has 7 heteroatoms. The van der Waals surface area contributed by atoms with E-state index < -0.39 is 9.84 Å². The van der Waals surface area contributed by atoms with E-state index in [1.54, 1.807) is 0 Å². The van der Waals surface area contributed by atoms with Crippen molar-refractivity contribution in [3.63, 3.8) is 0 Å². The van der Waals surface area contributed by atoms with E-state index in [-0.39, 0.29) is 28.8 Å². The first-order valence-electron chi connectivity index (χ1n) is 7.68. The molecule has 1 aromatic rings. The predicted octanol–water partition coefficient (Wildman–Crippen LogP) is 2.01. The maximum absolute atomic E-state index is 11.8.